The lowest BCUT2D eigenvalue weighted by molar-refractivity contribution is -0.129. The van der Waals surface area contributed by atoms with Crippen LogP contribution >= 0.6 is 0 Å². The molecule has 1 unspecified atom stereocenters. The summed E-state index contributed by atoms with van der Waals surface area (Å²) in [4.78, 5) is 18.2. The predicted molar refractivity (Wildman–Crippen MR) is 67.9 cm³/mol. The number of amides is 1. The molecule has 0 saturated carbocycles. The summed E-state index contributed by atoms with van der Waals surface area (Å²) in [5.74, 6) is 2.02. The van der Waals surface area contributed by atoms with Crippen molar-refractivity contribution in [3.05, 3.63) is 29.2 Å². The van der Waals surface area contributed by atoms with E-state index in [1.54, 1.807) is 13.0 Å². The summed E-state index contributed by atoms with van der Waals surface area (Å²) in [5.41, 5.74) is 0.786. The fourth-order valence-electron chi connectivity index (χ4n) is 2.43. The normalized spacial score (nSPS) is 18.7. The number of rotatable bonds is 3. The molecule has 0 aromatic carbocycles. The molecule has 7 nitrogen and oxygen atoms in total. The van der Waals surface area contributed by atoms with E-state index in [0.717, 1.165) is 12.1 Å². The maximum atomic E-state index is 12.2. The van der Waals surface area contributed by atoms with Crippen LogP contribution in [0.15, 0.2) is 15.1 Å². The van der Waals surface area contributed by atoms with Gasteiger partial charge in [0, 0.05) is 19.2 Å². The molecule has 1 fully saturated rings. The van der Waals surface area contributed by atoms with Crippen LogP contribution in [0.2, 0.25) is 0 Å². The molecule has 3 rings (SSSR count). The van der Waals surface area contributed by atoms with Crippen LogP contribution in [0.25, 0.3) is 0 Å². The van der Waals surface area contributed by atoms with Crippen molar-refractivity contribution in [2.24, 2.45) is 0 Å². The molecule has 106 valence electrons. The van der Waals surface area contributed by atoms with Gasteiger partial charge < -0.3 is 13.9 Å². The van der Waals surface area contributed by atoms with Crippen molar-refractivity contribution < 1.29 is 13.8 Å². The maximum absolute atomic E-state index is 12.2. The Morgan fingerprint density at radius 2 is 2.25 bits per heavy atom. The third kappa shape index (κ3) is 2.56. The number of hydrogen-bond donors (Lipinski definition) is 0. The molecule has 0 radical (unpaired) electrons. The van der Waals surface area contributed by atoms with E-state index >= 15 is 0 Å². The van der Waals surface area contributed by atoms with Crippen LogP contribution in [0.1, 0.15) is 35.5 Å². The monoisotopic (exact) mass is 276 g/mol. The van der Waals surface area contributed by atoms with Gasteiger partial charge in [0.1, 0.15) is 5.76 Å². The quantitative estimate of drug-likeness (QED) is 0.838. The number of hydrogen-bond acceptors (Lipinski definition) is 6. The van der Waals surface area contributed by atoms with Gasteiger partial charge >= 0.3 is 0 Å². The Labute approximate surface area is 115 Å². The van der Waals surface area contributed by atoms with E-state index in [4.69, 9.17) is 9.05 Å². The average molecular weight is 276 g/mol. The number of carbonyl (C=O) groups excluding carboxylic acids is 1. The lowest BCUT2D eigenvalue weighted by Gasteiger charge is -2.14. The summed E-state index contributed by atoms with van der Waals surface area (Å²) in [5, 5.41) is 7.57. The summed E-state index contributed by atoms with van der Waals surface area (Å²) < 4.78 is 10.2. The lowest BCUT2D eigenvalue weighted by atomic mass is 10.1. The van der Waals surface area contributed by atoms with Crippen LogP contribution in [-0.2, 0) is 11.2 Å². The average Bonchev–Trinajstić information content (AvgIpc) is 3.10. The third-order valence-electron chi connectivity index (χ3n) is 3.44. The molecule has 0 N–H and O–H groups in total. The Hall–Kier alpha value is -2.18. The topological polar surface area (TPSA) is 85.3 Å². The first-order chi connectivity index (χ1) is 9.61. The van der Waals surface area contributed by atoms with Crippen LogP contribution < -0.4 is 0 Å². The first-order valence-corrected chi connectivity index (χ1v) is 6.62. The van der Waals surface area contributed by atoms with E-state index in [1.165, 1.54) is 0 Å². The summed E-state index contributed by atoms with van der Waals surface area (Å²) in [6.07, 6.45) is 1.10. The summed E-state index contributed by atoms with van der Waals surface area (Å²) in [6, 6.07) is 1.78. The number of aryl methyl sites for hydroxylation is 2. The fraction of sp³-hybridized carbons (Fsp3) is 0.538. The molecular weight excluding hydrogens is 260 g/mol. The predicted octanol–water partition coefficient (Wildman–Crippen LogP) is 1.23. The number of carbonyl (C=O) groups is 1. The molecule has 1 aliphatic heterocycles. The lowest BCUT2D eigenvalue weighted by Crippen LogP contribution is -2.29. The summed E-state index contributed by atoms with van der Waals surface area (Å²) in [6.45, 7) is 4.95. The minimum atomic E-state index is 0.0416. The minimum absolute atomic E-state index is 0.0416. The highest BCUT2D eigenvalue weighted by atomic mass is 16.5. The first kappa shape index (κ1) is 12.8. The summed E-state index contributed by atoms with van der Waals surface area (Å²) in [7, 11) is 0. The van der Waals surface area contributed by atoms with E-state index in [9.17, 15) is 4.79 Å². The van der Waals surface area contributed by atoms with Gasteiger partial charge in [0.15, 0.2) is 5.82 Å². The molecule has 0 spiro atoms. The van der Waals surface area contributed by atoms with Gasteiger partial charge in [0.25, 0.3) is 0 Å². The molecule has 0 bridgehead atoms. The molecular formula is C13H16N4O3. The second-order valence-corrected chi connectivity index (χ2v) is 5.12. The van der Waals surface area contributed by atoms with Crippen LogP contribution in [0, 0.1) is 13.8 Å². The SMILES string of the molecule is Cc1cc(CC(=O)N2CCC(c3nc(C)no3)C2)on1. The van der Waals surface area contributed by atoms with E-state index < -0.39 is 0 Å². The highest BCUT2D eigenvalue weighted by molar-refractivity contribution is 5.78. The molecule has 2 aromatic heterocycles. The van der Waals surface area contributed by atoms with E-state index in [-0.39, 0.29) is 18.2 Å². The zero-order chi connectivity index (χ0) is 14.1. The van der Waals surface area contributed by atoms with Crippen LogP contribution in [0.3, 0.4) is 0 Å². The van der Waals surface area contributed by atoms with E-state index in [2.05, 4.69) is 15.3 Å². The fourth-order valence-corrected chi connectivity index (χ4v) is 2.43. The Morgan fingerprint density at radius 3 is 2.90 bits per heavy atom. The Bertz CT molecular complexity index is 619. The molecule has 1 amide bonds. The van der Waals surface area contributed by atoms with Crippen molar-refractivity contribution in [1.29, 1.82) is 0 Å². The Morgan fingerprint density at radius 1 is 1.40 bits per heavy atom. The minimum Gasteiger partial charge on any atom is -0.361 e. The molecule has 7 heteroatoms. The first-order valence-electron chi connectivity index (χ1n) is 6.62. The van der Waals surface area contributed by atoms with Gasteiger partial charge in [-0.1, -0.05) is 10.3 Å². The molecule has 2 aromatic rings. The zero-order valence-electron chi connectivity index (χ0n) is 11.5. The number of nitrogens with zero attached hydrogens (tertiary/aromatic N) is 4. The van der Waals surface area contributed by atoms with Gasteiger partial charge in [-0.2, -0.15) is 4.98 Å². The van der Waals surface area contributed by atoms with Crippen molar-refractivity contribution in [3.8, 4) is 0 Å². The van der Waals surface area contributed by atoms with Crippen molar-refractivity contribution >= 4 is 5.91 Å². The van der Waals surface area contributed by atoms with Crippen molar-refractivity contribution in [1.82, 2.24) is 20.2 Å². The third-order valence-corrected chi connectivity index (χ3v) is 3.44. The Balaban J connectivity index is 1.60. The molecule has 3 heterocycles. The molecule has 1 atom stereocenters. The van der Waals surface area contributed by atoms with Gasteiger partial charge in [-0.25, -0.2) is 0 Å². The highest BCUT2D eigenvalue weighted by Gasteiger charge is 2.31. The van der Waals surface area contributed by atoms with Gasteiger partial charge in [-0.15, -0.1) is 0 Å². The molecule has 0 aliphatic carbocycles. The smallest absolute Gasteiger partial charge is 0.231 e. The van der Waals surface area contributed by atoms with Crippen molar-refractivity contribution in [2.45, 2.75) is 32.6 Å². The number of aromatic nitrogens is 3. The van der Waals surface area contributed by atoms with E-state index in [1.807, 2.05) is 11.8 Å². The second-order valence-electron chi connectivity index (χ2n) is 5.12. The molecule has 1 aliphatic rings. The van der Waals surface area contributed by atoms with Crippen LogP contribution in [-0.4, -0.2) is 39.2 Å². The van der Waals surface area contributed by atoms with Gasteiger partial charge in [0.2, 0.25) is 11.8 Å². The largest absolute Gasteiger partial charge is 0.361 e. The van der Waals surface area contributed by atoms with Gasteiger partial charge in [-0.3, -0.25) is 4.79 Å². The standard InChI is InChI=1S/C13H16N4O3/c1-8-5-11(19-15-8)6-12(18)17-4-3-10(7-17)13-14-9(2)16-20-13/h5,10H,3-4,6-7H2,1-2H3. The number of likely N-dealkylation sites (tertiary alicyclic amines) is 1. The second kappa shape index (κ2) is 5.07. The van der Waals surface area contributed by atoms with Gasteiger partial charge in [0.05, 0.1) is 18.0 Å². The molecule has 1 saturated heterocycles. The van der Waals surface area contributed by atoms with E-state index in [0.29, 0.717) is 30.6 Å². The van der Waals surface area contributed by atoms with Crippen molar-refractivity contribution in [3.63, 3.8) is 0 Å². The molecule has 20 heavy (non-hydrogen) atoms. The zero-order valence-corrected chi connectivity index (χ0v) is 11.5. The highest BCUT2D eigenvalue weighted by Crippen LogP contribution is 2.26. The van der Waals surface area contributed by atoms with Gasteiger partial charge in [-0.05, 0) is 20.3 Å². The summed E-state index contributed by atoms with van der Waals surface area (Å²) >= 11 is 0. The Kier molecular flexibility index (Phi) is 3.25. The van der Waals surface area contributed by atoms with Crippen LogP contribution in [0.4, 0.5) is 0 Å². The van der Waals surface area contributed by atoms with Crippen LogP contribution in [0.5, 0.6) is 0 Å². The van der Waals surface area contributed by atoms with Crippen molar-refractivity contribution in [2.75, 3.05) is 13.1 Å². The maximum Gasteiger partial charge on any atom is 0.231 e.